The van der Waals surface area contributed by atoms with Crippen LogP contribution in [0.3, 0.4) is 0 Å². The fourth-order valence-corrected chi connectivity index (χ4v) is 6.43. The maximum absolute atomic E-state index is 2.60. The summed E-state index contributed by atoms with van der Waals surface area (Å²) in [6.45, 7) is 5.16. The molecule has 3 fully saturated rings. The number of hydrogen-bond donors (Lipinski definition) is 0. The van der Waals surface area contributed by atoms with Crippen molar-refractivity contribution in [2.24, 2.45) is 34.5 Å². The molecule has 19 heavy (non-hydrogen) atoms. The van der Waals surface area contributed by atoms with Crippen molar-refractivity contribution in [1.29, 1.82) is 0 Å². The topological polar surface area (TPSA) is 0 Å². The first-order valence-corrected chi connectivity index (χ1v) is 8.49. The number of fused-ring (bicyclic) bond motifs is 5. The van der Waals surface area contributed by atoms with Crippen molar-refractivity contribution in [1.82, 2.24) is 0 Å². The summed E-state index contributed by atoms with van der Waals surface area (Å²) in [5.41, 5.74) is 1.18. The average molecular weight is 256 g/mol. The third-order valence-electron chi connectivity index (χ3n) is 7.54. The van der Waals surface area contributed by atoms with Crippen LogP contribution in [0.4, 0.5) is 0 Å². The molecule has 3 saturated carbocycles. The Morgan fingerprint density at radius 2 is 1.79 bits per heavy atom. The molecule has 0 saturated heterocycles. The molecule has 1 unspecified atom stereocenters. The molecule has 0 bridgehead atoms. The van der Waals surface area contributed by atoms with Gasteiger partial charge in [0, 0.05) is 0 Å². The highest BCUT2D eigenvalue weighted by molar-refractivity contribution is 5.23. The zero-order valence-corrected chi connectivity index (χ0v) is 12.6. The van der Waals surface area contributed by atoms with Gasteiger partial charge in [-0.1, -0.05) is 44.6 Å². The molecule has 4 aliphatic rings. The minimum absolute atomic E-state index is 0.474. The van der Waals surface area contributed by atoms with Gasteiger partial charge < -0.3 is 0 Å². The normalized spacial score (nSPS) is 55.5. The lowest BCUT2D eigenvalue weighted by molar-refractivity contribution is -0.0539. The zero-order chi connectivity index (χ0) is 13.1. The van der Waals surface area contributed by atoms with Crippen molar-refractivity contribution >= 4 is 0 Å². The lowest BCUT2D eigenvalue weighted by atomic mass is 9.47. The average Bonchev–Trinajstić information content (AvgIpc) is 2.79. The largest absolute Gasteiger partial charge is 0.0806 e. The van der Waals surface area contributed by atoms with E-state index in [-0.39, 0.29) is 0 Å². The Kier molecular flexibility index (Phi) is 2.57. The van der Waals surface area contributed by atoms with E-state index >= 15 is 0 Å². The van der Waals surface area contributed by atoms with E-state index in [1.54, 1.807) is 0 Å². The van der Waals surface area contributed by atoms with Crippen molar-refractivity contribution in [3.05, 3.63) is 24.3 Å². The van der Waals surface area contributed by atoms with Crippen LogP contribution < -0.4 is 0 Å². The van der Waals surface area contributed by atoms with Crippen LogP contribution in [0.5, 0.6) is 0 Å². The highest BCUT2D eigenvalue weighted by atomic mass is 14.6. The van der Waals surface area contributed by atoms with Crippen molar-refractivity contribution in [2.75, 3.05) is 0 Å². The number of hydrogen-bond acceptors (Lipinski definition) is 0. The maximum atomic E-state index is 2.60. The van der Waals surface area contributed by atoms with Gasteiger partial charge in [0.2, 0.25) is 0 Å². The van der Waals surface area contributed by atoms with Gasteiger partial charge in [0.1, 0.15) is 0 Å². The fraction of sp³-hybridized carbons (Fsp3) is 0.789. The van der Waals surface area contributed by atoms with Gasteiger partial charge in [-0.05, 0) is 73.0 Å². The molecule has 4 aliphatic carbocycles. The Hall–Kier alpha value is -0.520. The molecule has 0 spiro atoms. The first kappa shape index (κ1) is 12.2. The Morgan fingerprint density at radius 3 is 2.68 bits per heavy atom. The number of allylic oxidation sites excluding steroid dienone is 4. The molecule has 0 nitrogen and oxygen atoms in total. The molecule has 0 radical (unpaired) electrons. The molecule has 0 aromatic heterocycles. The van der Waals surface area contributed by atoms with Gasteiger partial charge in [0.15, 0.2) is 0 Å². The van der Waals surface area contributed by atoms with Gasteiger partial charge in [-0.2, -0.15) is 0 Å². The van der Waals surface area contributed by atoms with Crippen LogP contribution in [0.1, 0.15) is 58.8 Å². The monoisotopic (exact) mass is 256 g/mol. The van der Waals surface area contributed by atoms with Crippen LogP contribution in [-0.4, -0.2) is 0 Å². The summed E-state index contributed by atoms with van der Waals surface area (Å²) in [5.74, 6) is 3.86. The standard InChI is InChI=1S/C19H28/c1-18-11-5-7-16(18)15-9-8-14-6-3-4-12-19(14,2)17(15)10-13-18/h3-4,6,12,14-17H,5,7-11,13H2,1-2H3/t14?,15-,16-,17+,18-,19-/m0/s1. The van der Waals surface area contributed by atoms with Gasteiger partial charge in [-0.3, -0.25) is 0 Å². The van der Waals surface area contributed by atoms with Crippen molar-refractivity contribution in [3.63, 3.8) is 0 Å². The molecule has 0 aromatic rings. The lowest BCUT2D eigenvalue weighted by Crippen LogP contribution is -2.50. The smallest absolute Gasteiger partial charge is 0.00496 e. The van der Waals surface area contributed by atoms with E-state index in [9.17, 15) is 0 Å². The summed E-state index contributed by atoms with van der Waals surface area (Å²) < 4.78 is 0. The van der Waals surface area contributed by atoms with Crippen LogP contribution in [0, 0.1) is 34.5 Å². The molecule has 0 amide bonds. The van der Waals surface area contributed by atoms with Crippen LogP contribution in [0.15, 0.2) is 24.3 Å². The summed E-state index contributed by atoms with van der Waals surface area (Å²) in [6, 6.07) is 0. The summed E-state index contributed by atoms with van der Waals surface area (Å²) in [5, 5.41) is 0. The van der Waals surface area contributed by atoms with E-state index < -0.39 is 0 Å². The summed E-state index contributed by atoms with van der Waals surface area (Å²) in [6.07, 6.45) is 20.1. The van der Waals surface area contributed by atoms with E-state index in [2.05, 4.69) is 38.2 Å². The molecule has 4 rings (SSSR count). The van der Waals surface area contributed by atoms with E-state index in [4.69, 9.17) is 0 Å². The Morgan fingerprint density at radius 1 is 0.895 bits per heavy atom. The Bertz CT molecular complexity index is 431. The quantitative estimate of drug-likeness (QED) is 0.547. The molecule has 104 valence electrons. The molecule has 0 heteroatoms. The minimum atomic E-state index is 0.474. The maximum Gasteiger partial charge on any atom is -0.00496 e. The predicted molar refractivity (Wildman–Crippen MR) is 80.8 cm³/mol. The second kappa shape index (κ2) is 3.99. The Labute approximate surface area is 118 Å². The fourth-order valence-electron chi connectivity index (χ4n) is 6.43. The molecule has 0 aliphatic heterocycles. The predicted octanol–water partition coefficient (Wildman–Crippen LogP) is 5.36. The van der Waals surface area contributed by atoms with Crippen LogP contribution in [0.25, 0.3) is 0 Å². The van der Waals surface area contributed by atoms with E-state index in [1.807, 2.05) is 0 Å². The third kappa shape index (κ3) is 1.58. The van der Waals surface area contributed by atoms with Gasteiger partial charge in [0.05, 0.1) is 0 Å². The molecule has 0 heterocycles. The third-order valence-corrected chi connectivity index (χ3v) is 7.54. The van der Waals surface area contributed by atoms with E-state index in [0.29, 0.717) is 10.8 Å². The van der Waals surface area contributed by atoms with Gasteiger partial charge in [-0.15, -0.1) is 0 Å². The van der Waals surface area contributed by atoms with Crippen molar-refractivity contribution in [2.45, 2.75) is 58.8 Å². The van der Waals surface area contributed by atoms with E-state index in [0.717, 1.165) is 23.7 Å². The number of rotatable bonds is 0. The molecule has 6 atom stereocenters. The first-order valence-electron chi connectivity index (χ1n) is 8.49. The molecular weight excluding hydrogens is 228 g/mol. The zero-order valence-electron chi connectivity index (χ0n) is 12.6. The van der Waals surface area contributed by atoms with E-state index in [1.165, 1.54) is 44.9 Å². The molecular formula is C19H28. The minimum Gasteiger partial charge on any atom is -0.0806 e. The first-order chi connectivity index (χ1) is 9.13. The van der Waals surface area contributed by atoms with Crippen molar-refractivity contribution in [3.8, 4) is 0 Å². The highest BCUT2D eigenvalue weighted by Crippen LogP contribution is 2.64. The Balaban J connectivity index is 1.69. The van der Waals surface area contributed by atoms with Gasteiger partial charge >= 0.3 is 0 Å². The van der Waals surface area contributed by atoms with Crippen molar-refractivity contribution < 1.29 is 0 Å². The molecule has 0 aromatic carbocycles. The van der Waals surface area contributed by atoms with Crippen LogP contribution >= 0.6 is 0 Å². The van der Waals surface area contributed by atoms with Gasteiger partial charge in [-0.25, -0.2) is 0 Å². The summed E-state index contributed by atoms with van der Waals surface area (Å²) >= 11 is 0. The molecule has 0 N–H and O–H groups in total. The van der Waals surface area contributed by atoms with Crippen LogP contribution in [-0.2, 0) is 0 Å². The van der Waals surface area contributed by atoms with Crippen LogP contribution in [0.2, 0.25) is 0 Å². The lowest BCUT2D eigenvalue weighted by Gasteiger charge is -2.57. The SMILES string of the molecule is C[C@@]12CCC[C@H]1[C@@H]1CCC3C=CC=C[C@]3(C)[C@@H]1CC2. The summed E-state index contributed by atoms with van der Waals surface area (Å²) in [7, 11) is 0. The second-order valence-corrected chi connectivity index (χ2v) is 8.26. The summed E-state index contributed by atoms with van der Waals surface area (Å²) in [4.78, 5) is 0. The van der Waals surface area contributed by atoms with Gasteiger partial charge in [0.25, 0.3) is 0 Å². The highest BCUT2D eigenvalue weighted by Gasteiger charge is 2.55. The second-order valence-electron chi connectivity index (χ2n) is 8.26.